The summed E-state index contributed by atoms with van der Waals surface area (Å²) in [7, 11) is 6.14. The molecule has 0 saturated carbocycles. The number of nitrogens with one attached hydrogen (secondary N) is 1. The van der Waals surface area contributed by atoms with E-state index < -0.39 is 0 Å². The van der Waals surface area contributed by atoms with E-state index in [1.165, 1.54) is 22.3 Å². The van der Waals surface area contributed by atoms with Crippen LogP contribution in [0, 0.1) is 13.8 Å². The summed E-state index contributed by atoms with van der Waals surface area (Å²) < 4.78 is 1.85. The van der Waals surface area contributed by atoms with Crippen LogP contribution in [0.3, 0.4) is 0 Å². The molecular formula is C17H26N4. The minimum atomic E-state index is 0.339. The Balaban J connectivity index is 2.06. The molecular weight excluding hydrogens is 260 g/mol. The van der Waals surface area contributed by atoms with Gasteiger partial charge in [-0.3, -0.25) is 4.68 Å². The topological polar surface area (TPSA) is 33.1 Å². The average molecular weight is 286 g/mol. The van der Waals surface area contributed by atoms with Gasteiger partial charge in [-0.15, -0.1) is 0 Å². The van der Waals surface area contributed by atoms with Gasteiger partial charge in [0.25, 0.3) is 0 Å². The Hall–Kier alpha value is -1.65. The van der Waals surface area contributed by atoms with Gasteiger partial charge in [-0.25, -0.2) is 0 Å². The van der Waals surface area contributed by atoms with Crippen molar-refractivity contribution in [1.82, 2.24) is 20.0 Å². The van der Waals surface area contributed by atoms with Gasteiger partial charge in [0.15, 0.2) is 0 Å². The first-order chi connectivity index (χ1) is 9.99. The van der Waals surface area contributed by atoms with E-state index >= 15 is 0 Å². The third kappa shape index (κ3) is 4.16. The first-order valence-corrected chi connectivity index (χ1v) is 7.40. The molecule has 0 bridgehead atoms. The molecule has 1 unspecified atom stereocenters. The van der Waals surface area contributed by atoms with Crippen LogP contribution >= 0.6 is 0 Å². The van der Waals surface area contributed by atoms with Crippen LogP contribution in [0.1, 0.15) is 28.3 Å². The molecule has 0 amide bonds. The lowest BCUT2D eigenvalue weighted by Gasteiger charge is -2.25. The van der Waals surface area contributed by atoms with E-state index in [1.54, 1.807) is 0 Å². The van der Waals surface area contributed by atoms with E-state index in [1.807, 2.05) is 25.0 Å². The summed E-state index contributed by atoms with van der Waals surface area (Å²) in [6.07, 6.45) is 4.01. The lowest BCUT2D eigenvalue weighted by Crippen LogP contribution is -2.31. The maximum Gasteiger partial charge on any atom is 0.0534 e. The highest BCUT2D eigenvalue weighted by molar-refractivity contribution is 5.33. The van der Waals surface area contributed by atoms with Crippen LogP contribution in [0.25, 0.3) is 0 Å². The number of nitrogens with zero attached hydrogens (tertiary/aromatic N) is 3. The van der Waals surface area contributed by atoms with Crippen molar-refractivity contribution in [3.63, 3.8) is 0 Å². The van der Waals surface area contributed by atoms with Crippen molar-refractivity contribution in [3.8, 4) is 0 Å². The quantitative estimate of drug-likeness (QED) is 0.885. The van der Waals surface area contributed by atoms with Crippen LogP contribution in [0.4, 0.5) is 0 Å². The molecule has 1 aromatic carbocycles. The molecule has 21 heavy (non-hydrogen) atoms. The maximum atomic E-state index is 4.23. The summed E-state index contributed by atoms with van der Waals surface area (Å²) in [5, 5.41) is 7.67. The monoisotopic (exact) mass is 286 g/mol. The zero-order valence-corrected chi connectivity index (χ0v) is 13.7. The third-order valence-corrected chi connectivity index (χ3v) is 3.86. The van der Waals surface area contributed by atoms with Crippen molar-refractivity contribution in [2.75, 3.05) is 20.6 Å². The Bertz CT molecular complexity index is 588. The maximum absolute atomic E-state index is 4.23. The lowest BCUT2D eigenvalue weighted by molar-refractivity contribution is 0.289. The predicted octanol–water partition coefficient (Wildman–Crippen LogP) is 2.43. The molecule has 1 heterocycles. The van der Waals surface area contributed by atoms with Crippen LogP contribution in [-0.4, -0.2) is 35.3 Å². The zero-order chi connectivity index (χ0) is 15.4. The molecule has 1 N–H and O–H groups in total. The second-order valence-corrected chi connectivity index (χ2v) is 5.92. The molecule has 1 atom stereocenters. The average Bonchev–Trinajstić information content (AvgIpc) is 2.84. The second kappa shape index (κ2) is 6.87. The van der Waals surface area contributed by atoms with Gasteiger partial charge >= 0.3 is 0 Å². The normalized spacial score (nSPS) is 12.9. The molecule has 0 spiro atoms. The van der Waals surface area contributed by atoms with Gasteiger partial charge in [0, 0.05) is 37.9 Å². The molecule has 0 saturated heterocycles. The van der Waals surface area contributed by atoms with E-state index in [-0.39, 0.29) is 0 Å². The first-order valence-electron chi connectivity index (χ1n) is 7.40. The molecule has 1 aromatic heterocycles. The number of likely N-dealkylation sites (N-methyl/N-ethyl adjacent to an activating group) is 2. The Labute approximate surface area is 127 Å². The van der Waals surface area contributed by atoms with Gasteiger partial charge in [0.2, 0.25) is 0 Å². The summed E-state index contributed by atoms with van der Waals surface area (Å²) in [5.74, 6) is 0. The van der Waals surface area contributed by atoms with Crippen LogP contribution in [0.5, 0.6) is 0 Å². The number of hydrogen-bond donors (Lipinski definition) is 1. The zero-order valence-electron chi connectivity index (χ0n) is 13.7. The summed E-state index contributed by atoms with van der Waals surface area (Å²) >= 11 is 0. The Kier molecular flexibility index (Phi) is 5.15. The fraction of sp³-hybridized carbons (Fsp3) is 0.471. The highest BCUT2D eigenvalue weighted by Crippen LogP contribution is 2.20. The number of aromatic nitrogens is 2. The van der Waals surface area contributed by atoms with Crippen molar-refractivity contribution in [2.45, 2.75) is 26.4 Å². The molecule has 2 aromatic rings. The van der Waals surface area contributed by atoms with E-state index in [4.69, 9.17) is 0 Å². The Morgan fingerprint density at radius 3 is 2.71 bits per heavy atom. The second-order valence-electron chi connectivity index (χ2n) is 5.92. The fourth-order valence-electron chi connectivity index (χ4n) is 2.72. The van der Waals surface area contributed by atoms with Gasteiger partial charge in [-0.2, -0.15) is 5.10 Å². The van der Waals surface area contributed by atoms with Crippen molar-refractivity contribution in [3.05, 3.63) is 52.8 Å². The van der Waals surface area contributed by atoms with Gasteiger partial charge < -0.3 is 10.2 Å². The van der Waals surface area contributed by atoms with E-state index in [9.17, 15) is 0 Å². The number of hydrogen-bond acceptors (Lipinski definition) is 3. The Morgan fingerprint density at radius 2 is 2.10 bits per heavy atom. The molecule has 0 radical (unpaired) electrons. The molecule has 4 nitrogen and oxygen atoms in total. The standard InChI is InChI=1S/C17H26N4/c1-13-6-7-14(2)16(8-13)17(18-3)12-20(4)10-15-9-19-21(5)11-15/h6-9,11,17-18H,10,12H2,1-5H3. The van der Waals surface area contributed by atoms with Crippen LogP contribution < -0.4 is 5.32 Å². The predicted molar refractivity (Wildman–Crippen MR) is 87.3 cm³/mol. The van der Waals surface area contributed by atoms with Gasteiger partial charge in [-0.1, -0.05) is 23.8 Å². The summed E-state index contributed by atoms with van der Waals surface area (Å²) in [6.45, 7) is 6.21. The van der Waals surface area contributed by atoms with Gasteiger partial charge in [0.1, 0.15) is 0 Å². The van der Waals surface area contributed by atoms with Crippen LogP contribution in [-0.2, 0) is 13.6 Å². The first kappa shape index (κ1) is 15.7. The third-order valence-electron chi connectivity index (χ3n) is 3.86. The molecule has 0 aliphatic heterocycles. The summed E-state index contributed by atoms with van der Waals surface area (Å²) in [6, 6.07) is 7.00. The lowest BCUT2D eigenvalue weighted by atomic mass is 9.98. The SMILES string of the molecule is CNC(CN(C)Cc1cnn(C)c1)c1cc(C)ccc1C. The van der Waals surface area contributed by atoms with Crippen LogP contribution in [0.2, 0.25) is 0 Å². The van der Waals surface area contributed by atoms with Crippen molar-refractivity contribution >= 4 is 0 Å². The number of rotatable bonds is 6. The fourth-order valence-corrected chi connectivity index (χ4v) is 2.72. The molecule has 114 valence electrons. The largest absolute Gasteiger partial charge is 0.312 e. The van der Waals surface area contributed by atoms with E-state index in [2.05, 4.69) is 60.6 Å². The van der Waals surface area contributed by atoms with Crippen molar-refractivity contribution in [1.29, 1.82) is 0 Å². The minimum absolute atomic E-state index is 0.339. The van der Waals surface area contributed by atoms with E-state index in [0.717, 1.165) is 13.1 Å². The number of benzene rings is 1. The highest BCUT2D eigenvalue weighted by Gasteiger charge is 2.15. The molecule has 0 fully saturated rings. The van der Waals surface area contributed by atoms with E-state index in [0.29, 0.717) is 6.04 Å². The van der Waals surface area contributed by atoms with Gasteiger partial charge in [-0.05, 0) is 39.1 Å². The molecule has 0 aliphatic rings. The van der Waals surface area contributed by atoms with Crippen molar-refractivity contribution < 1.29 is 0 Å². The molecule has 2 rings (SSSR count). The minimum Gasteiger partial charge on any atom is -0.312 e. The molecule has 4 heteroatoms. The Morgan fingerprint density at radius 1 is 1.33 bits per heavy atom. The smallest absolute Gasteiger partial charge is 0.0534 e. The summed E-state index contributed by atoms with van der Waals surface area (Å²) in [4.78, 5) is 2.33. The highest BCUT2D eigenvalue weighted by atomic mass is 15.2. The van der Waals surface area contributed by atoms with Crippen molar-refractivity contribution in [2.24, 2.45) is 7.05 Å². The van der Waals surface area contributed by atoms with Gasteiger partial charge in [0.05, 0.1) is 6.20 Å². The van der Waals surface area contributed by atoms with Crippen LogP contribution in [0.15, 0.2) is 30.6 Å². The molecule has 0 aliphatic carbocycles. The number of aryl methyl sites for hydroxylation is 3. The summed E-state index contributed by atoms with van der Waals surface area (Å²) in [5.41, 5.74) is 5.28.